The highest BCUT2D eigenvalue weighted by Gasteiger charge is 2.29. The summed E-state index contributed by atoms with van der Waals surface area (Å²) in [7, 11) is 0. The van der Waals surface area contributed by atoms with Crippen molar-refractivity contribution in [2.45, 2.75) is 25.7 Å². The van der Waals surface area contributed by atoms with Crippen LogP contribution in [0.25, 0.3) is 0 Å². The van der Waals surface area contributed by atoms with Gasteiger partial charge in [0.05, 0.1) is 4.92 Å². The summed E-state index contributed by atoms with van der Waals surface area (Å²) >= 11 is 12.3. The molecule has 0 fully saturated rings. The molecule has 1 heterocycles. The molecule has 0 aliphatic rings. The second kappa shape index (κ2) is 8.54. The molecule has 1 aromatic heterocycles. The van der Waals surface area contributed by atoms with Crippen LogP contribution in [0.3, 0.4) is 0 Å². The second-order valence-electron chi connectivity index (χ2n) is 6.36. The summed E-state index contributed by atoms with van der Waals surface area (Å²) in [6, 6.07) is 13.8. The van der Waals surface area contributed by atoms with Gasteiger partial charge in [-0.25, -0.2) is 0 Å². The first-order chi connectivity index (χ1) is 13.4. The quantitative estimate of drug-likeness (QED) is 0.275. The lowest BCUT2D eigenvalue weighted by Crippen LogP contribution is -2.11. The first kappa shape index (κ1) is 20.0. The van der Waals surface area contributed by atoms with Gasteiger partial charge in [0.1, 0.15) is 0 Å². The fourth-order valence-electron chi connectivity index (χ4n) is 3.09. The molecule has 3 rings (SSSR count). The molecule has 0 radical (unpaired) electrons. The maximum absolute atomic E-state index is 12.8. The van der Waals surface area contributed by atoms with E-state index in [2.05, 4.69) is 5.16 Å². The SMILES string of the molecule is Cc1noc(CC(CC(=O)c2ccccc2)c2ccc(Cl)cc2Cl)c1[N+](=O)[O-]. The summed E-state index contributed by atoms with van der Waals surface area (Å²) in [6.45, 7) is 1.50. The Morgan fingerprint density at radius 1 is 1.21 bits per heavy atom. The predicted molar refractivity (Wildman–Crippen MR) is 106 cm³/mol. The highest BCUT2D eigenvalue weighted by atomic mass is 35.5. The molecule has 144 valence electrons. The van der Waals surface area contributed by atoms with Crippen molar-refractivity contribution in [2.75, 3.05) is 0 Å². The number of rotatable bonds is 7. The Bertz CT molecular complexity index is 1020. The van der Waals surface area contributed by atoms with Gasteiger partial charge in [-0.1, -0.05) is 64.8 Å². The Morgan fingerprint density at radius 2 is 1.93 bits per heavy atom. The van der Waals surface area contributed by atoms with Gasteiger partial charge in [-0.15, -0.1) is 0 Å². The molecular weight excluding hydrogens is 403 g/mol. The third-order valence-electron chi connectivity index (χ3n) is 4.44. The standard InChI is InChI=1S/C20H16Cl2N2O4/c1-12-20(24(26)27)19(28-23-12)10-14(16-8-7-15(21)11-17(16)22)9-18(25)13-5-3-2-4-6-13/h2-8,11,14H,9-10H2,1H3. The van der Waals surface area contributed by atoms with Gasteiger partial charge in [-0.05, 0) is 30.5 Å². The molecule has 1 unspecified atom stereocenters. The topological polar surface area (TPSA) is 86.2 Å². The van der Waals surface area contributed by atoms with Crippen LogP contribution < -0.4 is 0 Å². The summed E-state index contributed by atoms with van der Waals surface area (Å²) in [5.41, 5.74) is 1.23. The van der Waals surface area contributed by atoms with Gasteiger partial charge < -0.3 is 4.52 Å². The lowest BCUT2D eigenvalue weighted by Gasteiger charge is -2.17. The molecule has 0 amide bonds. The number of ketones is 1. The normalized spacial score (nSPS) is 12.0. The minimum absolute atomic E-state index is 0.0995. The number of carbonyl (C=O) groups excluding carboxylic acids is 1. The average molecular weight is 419 g/mol. The van der Waals surface area contributed by atoms with Crippen LogP contribution in [-0.2, 0) is 6.42 Å². The highest BCUT2D eigenvalue weighted by Crippen LogP contribution is 2.35. The Labute approximate surface area is 171 Å². The summed E-state index contributed by atoms with van der Waals surface area (Å²) in [5, 5.41) is 15.9. The van der Waals surface area contributed by atoms with Crippen molar-refractivity contribution in [3.63, 3.8) is 0 Å². The molecule has 0 bridgehead atoms. The van der Waals surface area contributed by atoms with Crippen LogP contribution in [0.1, 0.15) is 39.7 Å². The number of aromatic nitrogens is 1. The monoisotopic (exact) mass is 418 g/mol. The maximum atomic E-state index is 12.8. The third kappa shape index (κ3) is 4.40. The zero-order chi connectivity index (χ0) is 20.3. The van der Waals surface area contributed by atoms with E-state index >= 15 is 0 Å². The van der Waals surface area contributed by atoms with E-state index in [1.807, 2.05) is 6.07 Å². The van der Waals surface area contributed by atoms with Crippen LogP contribution in [0.15, 0.2) is 53.1 Å². The fraction of sp³-hybridized carbons (Fsp3) is 0.200. The van der Waals surface area contributed by atoms with E-state index < -0.39 is 10.8 Å². The molecule has 2 aromatic carbocycles. The number of nitrogens with zero attached hydrogens (tertiary/aromatic N) is 2. The molecular formula is C20H16Cl2N2O4. The van der Waals surface area contributed by atoms with Crippen molar-refractivity contribution in [1.29, 1.82) is 0 Å². The van der Waals surface area contributed by atoms with E-state index in [4.69, 9.17) is 27.7 Å². The van der Waals surface area contributed by atoms with E-state index in [9.17, 15) is 14.9 Å². The summed E-state index contributed by atoms with van der Waals surface area (Å²) in [4.78, 5) is 23.6. The molecule has 0 N–H and O–H groups in total. The summed E-state index contributed by atoms with van der Waals surface area (Å²) < 4.78 is 5.19. The van der Waals surface area contributed by atoms with Crippen molar-refractivity contribution in [2.24, 2.45) is 0 Å². The van der Waals surface area contributed by atoms with Gasteiger partial charge in [0.15, 0.2) is 11.5 Å². The number of hydrogen-bond donors (Lipinski definition) is 0. The van der Waals surface area contributed by atoms with Gasteiger partial charge in [0.25, 0.3) is 0 Å². The van der Waals surface area contributed by atoms with Crippen LogP contribution >= 0.6 is 23.2 Å². The van der Waals surface area contributed by atoms with Gasteiger partial charge in [0, 0.05) is 28.5 Å². The number of Topliss-reactive ketones (excluding diaryl/α,β-unsaturated/α-hetero) is 1. The Hall–Kier alpha value is -2.70. The average Bonchev–Trinajstić information content (AvgIpc) is 3.02. The molecule has 1 atom stereocenters. The van der Waals surface area contributed by atoms with Crippen LogP contribution in [0.4, 0.5) is 5.69 Å². The summed E-state index contributed by atoms with van der Waals surface area (Å²) in [5.74, 6) is -0.432. The van der Waals surface area contributed by atoms with Gasteiger partial charge in [0.2, 0.25) is 5.76 Å². The van der Waals surface area contributed by atoms with Crippen LogP contribution in [0.5, 0.6) is 0 Å². The second-order valence-corrected chi connectivity index (χ2v) is 7.20. The van der Waals surface area contributed by atoms with Gasteiger partial charge in [-0.2, -0.15) is 0 Å². The minimum Gasteiger partial charge on any atom is -0.354 e. The zero-order valence-corrected chi connectivity index (χ0v) is 16.4. The molecule has 3 aromatic rings. The number of carbonyl (C=O) groups is 1. The number of halogens is 2. The number of nitro groups is 1. The Kier molecular flexibility index (Phi) is 6.11. The Morgan fingerprint density at radius 3 is 2.57 bits per heavy atom. The lowest BCUT2D eigenvalue weighted by molar-refractivity contribution is -0.386. The highest BCUT2D eigenvalue weighted by molar-refractivity contribution is 6.35. The van der Waals surface area contributed by atoms with E-state index in [0.29, 0.717) is 21.2 Å². The lowest BCUT2D eigenvalue weighted by atomic mass is 9.87. The molecule has 0 saturated heterocycles. The van der Waals surface area contributed by atoms with Crippen LogP contribution in [0.2, 0.25) is 10.0 Å². The van der Waals surface area contributed by atoms with E-state index in [-0.39, 0.29) is 35.8 Å². The van der Waals surface area contributed by atoms with Gasteiger partial charge in [-0.3, -0.25) is 14.9 Å². The first-order valence-corrected chi connectivity index (χ1v) is 9.25. The van der Waals surface area contributed by atoms with Crippen molar-refractivity contribution in [3.8, 4) is 0 Å². The predicted octanol–water partition coefficient (Wildman–Crippen LogP) is 5.80. The van der Waals surface area contributed by atoms with Gasteiger partial charge >= 0.3 is 5.69 Å². The van der Waals surface area contributed by atoms with Crippen molar-refractivity contribution < 1.29 is 14.2 Å². The third-order valence-corrected chi connectivity index (χ3v) is 5.01. The number of benzene rings is 2. The molecule has 8 heteroatoms. The first-order valence-electron chi connectivity index (χ1n) is 8.49. The van der Waals surface area contributed by atoms with E-state index in [1.54, 1.807) is 42.5 Å². The summed E-state index contributed by atoms with van der Waals surface area (Å²) in [6.07, 6.45) is 0.208. The molecule has 0 saturated carbocycles. The fourth-order valence-corrected chi connectivity index (χ4v) is 3.66. The maximum Gasteiger partial charge on any atom is 0.334 e. The molecule has 0 aliphatic carbocycles. The number of aryl methyl sites for hydroxylation is 1. The van der Waals surface area contributed by atoms with Crippen LogP contribution in [0, 0.1) is 17.0 Å². The minimum atomic E-state index is -0.527. The molecule has 28 heavy (non-hydrogen) atoms. The Balaban J connectivity index is 1.97. The smallest absolute Gasteiger partial charge is 0.334 e. The van der Waals surface area contributed by atoms with Crippen molar-refractivity contribution in [3.05, 3.63) is 91.3 Å². The number of hydrogen-bond acceptors (Lipinski definition) is 5. The van der Waals surface area contributed by atoms with Crippen molar-refractivity contribution >= 4 is 34.7 Å². The van der Waals surface area contributed by atoms with E-state index in [0.717, 1.165) is 0 Å². The molecule has 6 nitrogen and oxygen atoms in total. The molecule has 0 aliphatic heterocycles. The van der Waals surface area contributed by atoms with E-state index in [1.165, 1.54) is 6.92 Å². The molecule has 0 spiro atoms. The van der Waals surface area contributed by atoms with Crippen molar-refractivity contribution in [1.82, 2.24) is 5.16 Å². The largest absolute Gasteiger partial charge is 0.354 e. The zero-order valence-electron chi connectivity index (χ0n) is 14.9. The van der Waals surface area contributed by atoms with Crippen LogP contribution in [-0.4, -0.2) is 15.9 Å².